The third-order valence-corrected chi connectivity index (χ3v) is 15.4. The molecule has 2 amide bonds. The van der Waals surface area contributed by atoms with Gasteiger partial charge >= 0.3 is 0 Å². The number of aliphatic hydroxyl groups is 1. The molecular formula is C40H42N4O7Si. The number of nitrogens with one attached hydrogen (secondary N) is 2. The van der Waals surface area contributed by atoms with Crippen molar-refractivity contribution in [2.45, 2.75) is 56.7 Å². The molecule has 2 aliphatic rings. The molecule has 4 aromatic carbocycles. The lowest BCUT2D eigenvalue weighted by molar-refractivity contribution is -0.385. The molecule has 0 unspecified atom stereocenters. The number of hydrogen-bond donors (Lipinski definition) is 3. The first-order valence-corrected chi connectivity index (χ1v) is 20.5. The number of benzene rings is 4. The van der Waals surface area contributed by atoms with Gasteiger partial charge in [-0.2, -0.15) is 0 Å². The van der Waals surface area contributed by atoms with Crippen LogP contribution in [-0.2, 0) is 32.9 Å². The lowest BCUT2D eigenvalue weighted by Crippen LogP contribution is -2.51. The number of aliphatic hydroxyl groups excluding tert-OH is 1. The van der Waals surface area contributed by atoms with E-state index >= 15 is 0 Å². The van der Waals surface area contributed by atoms with Crippen LogP contribution in [0.15, 0.2) is 97.2 Å². The van der Waals surface area contributed by atoms with Crippen LogP contribution < -0.4 is 20.1 Å². The summed E-state index contributed by atoms with van der Waals surface area (Å²) in [5.74, 6) is -0.0427. The van der Waals surface area contributed by atoms with E-state index in [0.717, 1.165) is 33.0 Å². The van der Waals surface area contributed by atoms with Crippen LogP contribution in [0.5, 0.6) is 5.75 Å². The number of methoxy groups -OCH3 is 1. The van der Waals surface area contributed by atoms with E-state index in [2.05, 4.69) is 35.5 Å². The zero-order chi connectivity index (χ0) is 36.8. The Labute approximate surface area is 302 Å². The van der Waals surface area contributed by atoms with Gasteiger partial charge < -0.3 is 29.8 Å². The molecule has 5 aromatic rings. The van der Waals surface area contributed by atoms with Crippen molar-refractivity contribution in [1.29, 1.82) is 0 Å². The number of amides is 2. The molecule has 1 spiro atoms. The number of aromatic amines is 1. The van der Waals surface area contributed by atoms with Crippen molar-refractivity contribution < 1.29 is 29.1 Å². The van der Waals surface area contributed by atoms with Crippen LogP contribution in [-0.4, -0.2) is 54.7 Å². The summed E-state index contributed by atoms with van der Waals surface area (Å²) in [7, 11) is -0.784. The zero-order valence-electron chi connectivity index (χ0n) is 29.6. The Hall–Kier alpha value is -5.30. The third kappa shape index (κ3) is 5.96. The molecule has 0 bridgehead atoms. The number of aromatic nitrogens is 1. The van der Waals surface area contributed by atoms with E-state index < -0.39 is 24.7 Å². The van der Waals surface area contributed by atoms with Gasteiger partial charge in [0.15, 0.2) is 5.60 Å². The standard InChI is InChI=1S/C40H42N4O7Si/c1-25-38(52(3,4)31-16-14-30(50-2)15-17-31)36(19-20-45)51-40(25)33-22-29(44(48)49)13-18-35(33)43(39(40)47)24-26-9-11-28(12-10-26)42-37(46)21-27-23-41-34-8-6-5-7-32(27)34/h5-18,22-23,25,36,38,41,45H,19-21,24H2,1-4H3,(H,42,46)/t25-,36+,38-,40+/m1/s1. The van der Waals surface area contributed by atoms with Gasteiger partial charge in [-0.1, -0.05) is 67.7 Å². The monoisotopic (exact) mass is 718 g/mol. The summed E-state index contributed by atoms with van der Waals surface area (Å²) < 4.78 is 12.3. The topological polar surface area (TPSA) is 147 Å². The van der Waals surface area contributed by atoms with Gasteiger partial charge in [0.25, 0.3) is 11.6 Å². The van der Waals surface area contributed by atoms with Crippen molar-refractivity contribution in [2.75, 3.05) is 23.9 Å². The number of anilines is 2. The number of nitrogens with zero attached hydrogens (tertiary/aromatic N) is 2. The second-order valence-corrected chi connectivity index (χ2v) is 19.0. The Bertz CT molecular complexity index is 2150. The van der Waals surface area contributed by atoms with E-state index in [1.54, 1.807) is 30.2 Å². The molecular weight excluding hydrogens is 677 g/mol. The molecule has 11 nitrogen and oxygen atoms in total. The van der Waals surface area contributed by atoms with Crippen LogP contribution in [0.3, 0.4) is 0 Å². The van der Waals surface area contributed by atoms with Crippen molar-refractivity contribution in [3.63, 3.8) is 0 Å². The number of carbonyl (C=O) groups excluding carboxylic acids is 2. The van der Waals surface area contributed by atoms with E-state index in [0.29, 0.717) is 23.4 Å². The number of ether oxygens (including phenoxy) is 2. The fourth-order valence-corrected chi connectivity index (χ4v) is 12.6. The van der Waals surface area contributed by atoms with Crippen LogP contribution in [0.1, 0.15) is 30.0 Å². The molecule has 1 fully saturated rings. The predicted octanol–water partition coefficient (Wildman–Crippen LogP) is 6.41. The smallest absolute Gasteiger partial charge is 0.269 e. The van der Waals surface area contributed by atoms with E-state index in [9.17, 15) is 24.8 Å². The van der Waals surface area contributed by atoms with E-state index in [1.165, 1.54) is 12.1 Å². The molecule has 1 aromatic heterocycles. The first-order valence-electron chi connectivity index (χ1n) is 17.5. The van der Waals surface area contributed by atoms with Crippen LogP contribution in [0.25, 0.3) is 10.9 Å². The van der Waals surface area contributed by atoms with E-state index in [-0.39, 0.29) is 48.5 Å². The minimum absolute atomic E-state index is 0.101. The summed E-state index contributed by atoms with van der Waals surface area (Å²) in [6.07, 6.45) is 1.94. The maximum atomic E-state index is 14.9. The molecule has 0 saturated carbocycles. The lowest BCUT2D eigenvalue weighted by atomic mass is 9.82. The van der Waals surface area contributed by atoms with Crippen LogP contribution in [0.2, 0.25) is 18.6 Å². The highest BCUT2D eigenvalue weighted by Gasteiger charge is 2.66. The Kier molecular flexibility index (Phi) is 9.24. The number of rotatable bonds is 11. The summed E-state index contributed by atoms with van der Waals surface area (Å²) in [5.41, 5.74) is 2.67. The molecule has 1 saturated heterocycles. The summed E-state index contributed by atoms with van der Waals surface area (Å²) in [4.78, 5) is 44.3. The minimum Gasteiger partial charge on any atom is -0.497 e. The van der Waals surface area contributed by atoms with Gasteiger partial charge in [-0.25, -0.2) is 0 Å². The molecule has 3 heterocycles. The highest BCUT2D eigenvalue weighted by molar-refractivity contribution is 6.91. The van der Waals surface area contributed by atoms with Crippen molar-refractivity contribution in [3.05, 3.63) is 124 Å². The second kappa shape index (κ2) is 13.7. The fraction of sp³-hybridized carbons (Fsp3) is 0.300. The number of para-hydroxylation sites is 1. The third-order valence-electron chi connectivity index (χ3n) is 11.0. The molecule has 0 aliphatic carbocycles. The Balaban J connectivity index is 1.17. The minimum atomic E-state index is -2.41. The molecule has 3 N–H and O–H groups in total. The number of hydrogen-bond acceptors (Lipinski definition) is 7. The largest absolute Gasteiger partial charge is 0.497 e. The van der Waals surface area contributed by atoms with Crippen molar-refractivity contribution >= 4 is 53.0 Å². The SMILES string of the molecule is COc1ccc([Si](C)(C)[C@H]2[C@H](CCO)O[C@@]3(C(=O)N(Cc4ccc(NC(=O)Cc5c[nH]c6ccccc56)cc4)c4ccc([N+](=O)[O-])cc43)[C@@H]2C)cc1. The molecule has 2 aliphatic heterocycles. The van der Waals surface area contributed by atoms with Gasteiger partial charge in [-0.3, -0.25) is 19.7 Å². The summed E-state index contributed by atoms with van der Waals surface area (Å²) >= 11 is 0. The number of H-pyrrole nitrogens is 1. The first-order chi connectivity index (χ1) is 25.0. The normalized spacial score (nSPS) is 21.1. The number of carbonyl (C=O) groups is 2. The van der Waals surface area contributed by atoms with Crippen LogP contribution >= 0.6 is 0 Å². The Morgan fingerprint density at radius 3 is 2.50 bits per heavy atom. The van der Waals surface area contributed by atoms with Crippen LogP contribution in [0.4, 0.5) is 17.1 Å². The van der Waals surface area contributed by atoms with Gasteiger partial charge in [0.05, 0.1) is 44.9 Å². The number of nitro benzene ring substituents is 1. The highest BCUT2D eigenvalue weighted by atomic mass is 28.3. The lowest BCUT2D eigenvalue weighted by Gasteiger charge is -2.37. The molecule has 268 valence electrons. The quantitative estimate of drug-likeness (QED) is 0.0813. The average Bonchev–Trinajstić information content (AvgIpc) is 3.76. The van der Waals surface area contributed by atoms with Crippen molar-refractivity contribution in [3.8, 4) is 5.75 Å². The molecule has 0 radical (unpaired) electrons. The summed E-state index contributed by atoms with van der Waals surface area (Å²) in [6.45, 7) is 6.57. The number of non-ortho nitro benzene ring substituents is 1. The first kappa shape index (κ1) is 35.1. The van der Waals surface area contributed by atoms with Crippen molar-refractivity contribution in [2.24, 2.45) is 5.92 Å². The predicted molar refractivity (Wildman–Crippen MR) is 203 cm³/mol. The Morgan fingerprint density at radius 1 is 1.08 bits per heavy atom. The Morgan fingerprint density at radius 2 is 1.81 bits per heavy atom. The van der Waals surface area contributed by atoms with Gasteiger partial charge in [-0.15, -0.1) is 0 Å². The van der Waals surface area contributed by atoms with Gasteiger partial charge in [-0.05, 0) is 59.5 Å². The molecule has 7 rings (SSSR count). The molecule has 12 heteroatoms. The second-order valence-electron chi connectivity index (χ2n) is 14.3. The fourth-order valence-electron chi connectivity index (χ4n) is 8.50. The van der Waals surface area contributed by atoms with Gasteiger partial charge in [0.2, 0.25) is 5.91 Å². The number of fused-ring (bicyclic) bond motifs is 3. The highest BCUT2D eigenvalue weighted by Crippen LogP contribution is 2.60. The number of nitro groups is 1. The maximum Gasteiger partial charge on any atom is 0.269 e. The van der Waals surface area contributed by atoms with Gasteiger partial charge in [0, 0.05) is 53.0 Å². The molecule has 52 heavy (non-hydrogen) atoms. The summed E-state index contributed by atoms with van der Waals surface area (Å²) in [5, 5.41) is 27.3. The maximum absolute atomic E-state index is 14.9. The van der Waals surface area contributed by atoms with E-state index in [4.69, 9.17) is 9.47 Å². The summed E-state index contributed by atoms with van der Waals surface area (Å²) in [6, 6.07) is 27.7. The average molecular weight is 719 g/mol. The van der Waals surface area contributed by atoms with Gasteiger partial charge in [0.1, 0.15) is 5.75 Å². The molecule has 4 atom stereocenters. The van der Waals surface area contributed by atoms with Crippen LogP contribution in [0, 0.1) is 16.0 Å². The van der Waals surface area contributed by atoms with Crippen molar-refractivity contribution in [1.82, 2.24) is 4.98 Å². The zero-order valence-corrected chi connectivity index (χ0v) is 30.6. The van der Waals surface area contributed by atoms with E-state index in [1.807, 2.05) is 61.7 Å².